The third-order valence-corrected chi connectivity index (χ3v) is 3.03. The van der Waals surface area contributed by atoms with Gasteiger partial charge < -0.3 is 15.2 Å². The lowest BCUT2D eigenvalue weighted by Crippen LogP contribution is -2.11. The van der Waals surface area contributed by atoms with Crippen LogP contribution in [-0.2, 0) is 0 Å². The number of hydrogen-bond donors (Lipinski definition) is 2. The van der Waals surface area contributed by atoms with Gasteiger partial charge in [-0.15, -0.1) is 13.2 Å². The second-order valence-electron chi connectivity index (χ2n) is 6.09. The molecule has 0 spiro atoms. The molecule has 2 aromatic carbocycles. The van der Waals surface area contributed by atoms with Crippen LogP contribution in [0.15, 0.2) is 73.8 Å². The Morgan fingerprint density at radius 2 is 1.39 bits per heavy atom. The molecule has 2 aromatic rings. The van der Waals surface area contributed by atoms with Gasteiger partial charge in [0.15, 0.2) is 0 Å². The van der Waals surface area contributed by atoms with E-state index in [-0.39, 0.29) is 5.91 Å². The summed E-state index contributed by atoms with van der Waals surface area (Å²) in [5.41, 5.74) is 2.58. The summed E-state index contributed by atoms with van der Waals surface area (Å²) >= 11 is 0. The Morgan fingerprint density at radius 3 is 1.74 bits per heavy atom. The van der Waals surface area contributed by atoms with E-state index < -0.39 is 0 Å². The van der Waals surface area contributed by atoms with Crippen molar-refractivity contribution in [2.75, 3.05) is 19.0 Å². The van der Waals surface area contributed by atoms with Crippen molar-refractivity contribution in [3.05, 3.63) is 85.0 Å². The van der Waals surface area contributed by atoms with E-state index in [2.05, 4.69) is 39.2 Å². The zero-order valence-corrected chi connectivity index (χ0v) is 20.6. The highest BCUT2D eigenvalue weighted by Gasteiger charge is 2.05. The SMILES string of the molecule is C=CC.C=CCC.CCC.CCOc1ccc(C(=O)Nc2ccc(C)cc2)cc1.CO. The summed E-state index contributed by atoms with van der Waals surface area (Å²) in [5, 5.41) is 9.86. The normalized spacial score (nSPS) is 8.13. The van der Waals surface area contributed by atoms with Crippen LogP contribution in [0.5, 0.6) is 5.75 Å². The summed E-state index contributed by atoms with van der Waals surface area (Å²) in [7, 11) is 1.00. The Morgan fingerprint density at radius 1 is 0.968 bits per heavy atom. The molecule has 0 aliphatic heterocycles. The first-order valence-electron chi connectivity index (χ1n) is 10.7. The van der Waals surface area contributed by atoms with Crippen LogP contribution in [0.25, 0.3) is 0 Å². The number of allylic oxidation sites excluding steroid dienone is 2. The van der Waals surface area contributed by atoms with Crippen molar-refractivity contribution in [3.8, 4) is 5.75 Å². The van der Waals surface area contributed by atoms with E-state index in [1.807, 2.05) is 51.1 Å². The maximum absolute atomic E-state index is 12.0. The molecule has 0 unspecified atom stereocenters. The number of amides is 1. The number of rotatable bonds is 5. The van der Waals surface area contributed by atoms with Gasteiger partial charge in [0.1, 0.15) is 5.75 Å². The number of ether oxygens (including phenoxy) is 1. The first-order valence-corrected chi connectivity index (χ1v) is 10.7. The topological polar surface area (TPSA) is 58.6 Å². The van der Waals surface area contributed by atoms with Gasteiger partial charge >= 0.3 is 0 Å². The molecule has 0 saturated heterocycles. The number of carbonyl (C=O) groups is 1. The summed E-state index contributed by atoms with van der Waals surface area (Å²) in [5.74, 6) is 0.654. The van der Waals surface area contributed by atoms with Gasteiger partial charge in [-0.2, -0.15) is 0 Å². The van der Waals surface area contributed by atoms with Crippen LogP contribution >= 0.6 is 0 Å². The van der Waals surface area contributed by atoms with Gasteiger partial charge in [0.25, 0.3) is 5.91 Å². The number of nitrogens with one attached hydrogen (secondary N) is 1. The number of aryl methyl sites for hydroxylation is 1. The fourth-order valence-electron chi connectivity index (χ4n) is 1.71. The molecule has 0 heterocycles. The molecule has 0 fully saturated rings. The Bertz CT molecular complexity index is 662. The molecule has 2 rings (SSSR count). The fraction of sp³-hybridized carbons (Fsp3) is 0.370. The van der Waals surface area contributed by atoms with E-state index in [9.17, 15) is 4.79 Å². The molecule has 2 N–H and O–H groups in total. The van der Waals surface area contributed by atoms with Gasteiger partial charge in [0.2, 0.25) is 0 Å². The highest BCUT2D eigenvalue weighted by molar-refractivity contribution is 6.04. The maximum atomic E-state index is 12.0. The standard InChI is InChI=1S/C16H17NO2.C4H8.C3H8.C3H6.CH4O/c1-3-19-15-10-6-13(7-11-15)16(18)17-14-8-4-12(2)5-9-14;1-3-4-2;2*1-3-2;1-2/h4-11H,3H2,1-2H3,(H,17,18);3H,1,4H2,2H3;3H2,1-2H3;3H,1H2,2H3;2H,1H3. The third-order valence-electron chi connectivity index (χ3n) is 3.03. The smallest absolute Gasteiger partial charge is 0.255 e. The molecule has 1 amide bonds. The summed E-state index contributed by atoms with van der Waals surface area (Å²) in [6.45, 7) is 19.6. The molecule has 0 aromatic heterocycles. The lowest BCUT2D eigenvalue weighted by Gasteiger charge is -2.07. The molecule has 0 radical (unpaired) electrons. The second kappa shape index (κ2) is 25.2. The zero-order valence-electron chi connectivity index (χ0n) is 20.6. The van der Waals surface area contributed by atoms with E-state index in [1.165, 1.54) is 12.0 Å². The minimum absolute atomic E-state index is 0.119. The van der Waals surface area contributed by atoms with Crippen molar-refractivity contribution in [2.24, 2.45) is 0 Å². The predicted molar refractivity (Wildman–Crippen MR) is 137 cm³/mol. The first-order chi connectivity index (χ1) is 14.9. The number of anilines is 1. The Kier molecular flexibility index (Phi) is 26.7. The maximum Gasteiger partial charge on any atom is 0.255 e. The van der Waals surface area contributed by atoms with E-state index in [0.29, 0.717) is 12.2 Å². The molecule has 0 saturated carbocycles. The molecule has 4 heteroatoms. The van der Waals surface area contributed by atoms with Crippen molar-refractivity contribution < 1.29 is 14.6 Å². The predicted octanol–water partition coefficient (Wildman–Crippen LogP) is 7.45. The molecule has 174 valence electrons. The van der Waals surface area contributed by atoms with E-state index in [4.69, 9.17) is 9.84 Å². The van der Waals surface area contributed by atoms with Gasteiger partial charge in [0, 0.05) is 18.4 Å². The summed E-state index contributed by atoms with van der Waals surface area (Å²) in [6, 6.07) is 14.8. The molecule has 0 atom stereocenters. The fourth-order valence-corrected chi connectivity index (χ4v) is 1.71. The minimum atomic E-state index is -0.119. The lowest BCUT2D eigenvalue weighted by molar-refractivity contribution is 0.102. The van der Waals surface area contributed by atoms with Crippen LogP contribution in [0.4, 0.5) is 5.69 Å². The average molecular weight is 430 g/mol. The lowest BCUT2D eigenvalue weighted by atomic mass is 10.2. The number of benzene rings is 2. The quantitative estimate of drug-likeness (QED) is 0.485. The van der Waals surface area contributed by atoms with Gasteiger partial charge in [-0.25, -0.2) is 0 Å². The number of aliphatic hydroxyl groups is 1. The molecule has 0 aliphatic carbocycles. The van der Waals surface area contributed by atoms with Crippen LogP contribution < -0.4 is 10.1 Å². The van der Waals surface area contributed by atoms with Gasteiger partial charge in [0.05, 0.1) is 6.61 Å². The first kappa shape index (κ1) is 32.8. The van der Waals surface area contributed by atoms with Crippen LogP contribution in [0, 0.1) is 6.92 Å². The molecule has 0 aliphatic rings. The number of hydrogen-bond acceptors (Lipinski definition) is 3. The largest absolute Gasteiger partial charge is 0.494 e. The molecule has 31 heavy (non-hydrogen) atoms. The highest BCUT2D eigenvalue weighted by Crippen LogP contribution is 2.14. The van der Waals surface area contributed by atoms with Crippen LogP contribution in [0.1, 0.15) is 63.4 Å². The Hall–Kier alpha value is -2.85. The summed E-state index contributed by atoms with van der Waals surface area (Å²) in [6.07, 6.45) is 5.96. The third kappa shape index (κ3) is 20.2. The van der Waals surface area contributed by atoms with Gasteiger partial charge in [-0.3, -0.25) is 4.79 Å². The Balaban J connectivity index is -0.000000547. The highest BCUT2D eigenvalue weighted by atomic mass is 16.5. The van der Waals surface area contributed by atoms with Crippen molar-refractivity contribution in [1.82, 2.24) is 0 Å². The van der Waals surface area contributed by atoms with Gasteiger partial charge in [-0.1, -0.05) is 57.0 Å². The Labute approximate surface area is 190 Å². The molecule has 4 nitrogen and oxygen atoms in total. The van der Waals surface area contributed by atoms with E-state index in [0.717, 1.165) is 25.0 Å². The van der Waals surface area contributed by atoms with E-state index in [1.54, 1.807) is 30.3 Å². The molecular formula is C27H43NO3. The van der Waals surface area contributed by atoms with E-state index >= 15 is 0 Å². The summed E-state index contributed by atoms with van der Waals surface area (Å²) < 4.78 is 5.34. The molecular weight excluding hydrogens is 386 g/mol. The summed E-state index contributed by atoms with van der Waals surface area (Å²) in [4.78, 5) is 12.0. The van der Waals surface area contributed by atoms with Crippen LogP contribution in [-0.4, -0.2) is 24.7 Å². The minimum Gasteiger partial charge on any atom is -0.494 e. The monoisotopic (exact) mass is 429 g/mol. The number of carbonyl (C=O) groups excluding carboxylic acids is 1. The zero-order chi connectivity index (χ0) is 24.5. The van der Waals surface area contributed by atoms with Crippen molar-refractivity contribution in [1.29, 1.82) is 0 Å². The second-order valence-corrected chi connectivity index (χ2v) is 6.09. The van der Waals surface area contributed by atoms with Crippen molar-refractivity contribution in [3.63, 3.8) is 0 Å². The van der Waals surface area contributed by atoms with Crippen LogP contribution in [0.2, 0.25) is 0 Å². The van der Waals surface area contributed by atoms with Gasteiger partial charge in [-0.05, 0) is 63.6 Å². The number of aliphatic hydroxyl groups excluding tert-OH is 1. The van der Waals surface area contributed by atoms with Crippen molar-refractivity contribution >= 4 is 11.6 Å². The van der Waals surface area contributed by atoms with Crippen LogP contribution in [0.3, 0.4) is 0 Å². The average Bonchev–Trinajstić information content (AvgIpc) is 2.79. The van der Waals surface area contributed by atoms with Crippen molar-refractivity contribution in [2.45, 2.75) is 54.4 Å². The molecule has 0 bridgehead atoms.